The van der Waals surface area contributed by atoms with Crippen LogP contribution in [0.5, 0.6) is 0 Å². The van der Waals surface area contributed by atoms with Crippen LogP contribution in [0.25, 0.3) is 0 Å². The van der Waals surface area contributed by atoms with Gasteiger partial charge in [-0.3, -0.25) is 4.79 Å². The van der Waals surface area contributed by atoms with Crippen molar-refractivity contribution in [1.82, 2.24) is 15.2 Å². The second-order valence-electron chi connectivity index (χ2n) is 5.57. The summed E-state index contributed by atoms with van der Waals surface area (Å²) in [5, 5.41) is 8.68. The first-order valence-electron chi connectivity index (χ1n) is 8.41. The third-order valence-corrected chi connectivity index (χ3v) is 4.55. The number of thiophene rings is 1. The average Bonchev–Trinajstić information content (AvgIpc) is 3.08. The first-order chi connectivity index (χ1) is 11.7. The third kappa shape index (κ3) is 7.60. The summed E-state index contributed by atoms with van der Waals surface area (Å²) >= 11 is 1.72. The zero-order valence-electron chi connectivity index (χ0n) is 14.8. The zero-order valence-corrected chi connectivity index (χ0v) is 18.0. The number of pyridine rings is 1. The molecule has 0 radical (unpaired) electrons. The fraction of sp³-hybridized carbons (Fsp3) is 0.444. The van der Waals surface area contributed by atoms with Gasteiger partial charge in [-0.2, -0.15) is 0 Å². The van der Waals surface area contributed by atoms with Crippen LogP contribution in [0.4, 0.5) is 0 Å². The predicted molar refractivity (Wildman–Crippen MR) is 117 cm³/mol. The van der Waals surface area contributed by atoms with E-state index in [9.17, 15) is 4.79 Å². The summed E-state index contributed by atoms with van der Waals surface area (Å²) in [5.41, 5.74) is 1.09. The molecule has 0 bridgehead atoms. The first kappa shape index (κ1) is 21.7. The molecule has 138 valence electrons. The Labute approximate surface area is 170 Å². The SMILES string of the molecule is CCNC(=NCc1cccs1)NCCCCn1c(C)cccc1=O.I. The lowest BCUT2D eigenvalue weighted by molar-refractivity contribution is 0.575. The summed E-state index contributed by atoms with van der Waals surface area (Å²) in [7, 11) is 0. The molecule has 0 aliphatic rings. The predicted octanol–water partition coefficient (Wildman–Crippen LogP) is 3.37. The van der Waals surface area contributed by atoms with Gasteiger partial charge < -0.3 is 15.2 Å². The van der Waals surface area contributed by atoms with Crippen molar-refractivity contribution in [3.63, 3.8) is 0 Å². The van der Waals surface area contributed by atoms with E-state index in [0.717, 1.165) is 44.1 Å². The summed E-state index contributed by atoms with van der Waals surface area (Å²) in [6.45, 7) is 7.18. The van der Waals surface area contributed by atoms with Crippen molar-refractivity contribution >= 4 is 41.3 Å². The molecule has 0 amide bonds. The number of unbranched alkanes of at least 4 members (excludes halogenated alkanes) is 1. The maximum Gasteiger partial charge on any atom is 0.250 e. The van der Waals surface area contributed by atoms with E-state index >= 15 is 0 Å². The number of halogens is 1. The van der Waals surface area contributed by atoms with E-state index in [2.05, 4.69) is 34.0 Å². The number of hydrogen-bond acceptors (Lipinski definition) is 3. The van der Waals surface area contributed by atoms with Crippen molar-refractivity contribution in [2.75, 3.05) is 13.1 Å². The van der Waals surface area contributed by atoms with Crippen LogP contribution in [-0.2, 0) is 13.1 Å². The Morgan fingerprint density at radius 2 is 2.04 bits per heavy atom. The Balaban J connectivity index is 0.00000312. The maximum atomic E-state index is 11.8. The third-order valence-electron chi connectivity index (χ3n) is 3.69. The van der Waals surface area contributed by atoms with Gasteiger partial charge in [0.2, 0.25) is 0 Å². The number of hydrogen-bond donors (Lipinski definition) is 2. The summed E-state index contributed by atoms with van der Waals surface area (Å²) in [6, 6.07) is 9.54. The van der Waals surface area contributed by atoms with Crippen molar-refractivity contribution in [1.29, 1.82) is 0 Å². The van der Waals surface area contributed by atoms with Crippen molar-refractivity contribution in [3.8, 4) is 0 Å². The standard InChI is InChI=1S/C18H26N4OS.HI/c1-3-19-18(21-14-16-9-7-13-24-16)20-11-4-5-12-22-15(2)8-6-10-17(22)23;/h6-10,13H,3-5,11-12,14H2,1-2H3,(H2,19,20,21);1H. The molecule has 5 nitrogen and oxygen atoms in total. The second-order valence-corrected chi connectivity index (χ2v) is 6.60. The van der Waals surface area contributed by atoms with Crippen LogP contribution >= 0.6 is 35.3 Å². The van der Waals surface area contributed by atoms with E-state index in [1.54, 1.807) is 17.4 Å². The highest BCUT2D eigenvalue weighted by molar-refractivity contribution is 14.0. The minimum Gasteiger partial charge on any atom is -0.357 e. The lowest BCUT2D eigenvalue weighted by atomic mass is 10.3. The van der Waals surface area contributed by atoms with Crippen LogP contribution in [0.2, 0.25) is 0 Å². The molecule has 2 aromatic heterocycles. The lowest BCUT2D eigenvalue weighted by Crippen LogP contribution is -2.37. The van der Waals surface area contributed by atoms with Gasteiger partial charge in [-0.05, 0) is 44.2 Å². The highest BCUT2D eigenvalue weighted by Gasteiger charge is 2.00. The van der Waals surface area contributed by atoms with E-state index in [1.807, 2.05) is 29.7 Å². The molecule has 0 aliphatic heterocycles. The number of nitrogens with zero attached hydrogens (tertiary/aromatic N) is 2. The lowest BCUT2D eigenvalue weighted by Gasteiger charge is -2.12. The molecule has 7 heteroatoms. The number of aromatic nitrogens is 1. The van der Waals surface area contributed by atoms with E-state index in [-0.39, 0.29) is 29.5 Å². The molecule has 2 heterocycles. The van der Waals surface area contributed by atoms with Crippen molar-refractivity contribution in [2.45, 2.75) is 39.8 Å². The summed E-state index contributed by atoms with van der Waals surface area (Å²) < 4.78 is 1.83. The molecule has 25 heavy (non-hydrogen) atoms. The molecule has 0 saturated carbocycles. The van der Waals surface area contributed by atoms with E-state index in [0.29, 0.717) is 6.54 Å². The normalized spacial score (nSPS) is 11.0. The van der Waals surface area contributed by atoms with E-state index in [4.69, 9.17) is 0 Å². The number of rotatable bonds is 8. The first-order valence-corrected chi connectivity index (χ1v) is 9.29. The van der Waals surface area contributed by atoms with Crippen LogP contribution in [-0.4, -0.2) is 23.6 Å². The quantitative estimate of drug-likeness (QED) is 0.267. The van der Waals surface area contributed by atoms with Crippen molar-refractivity contribution < 1.29 is 0 Å². The van der Waals surface area contributed by atoms with Crippen LogP contribution in [0.1, 0.15) is 30.3 Å². The Morgan fingerprint density at radius 1 is 1.20 bits per heavy atom. The molecule has 0 saturated heterocycles. The van der Waals surface area contributed by atoms with Gasteiger partial charge in [0.05, 0.1) is 6.54 Å². The highest BCUT2D eigenvalue weighted by atomic mass is 127. The fourth-order valence-corrected chi connectivity index (χ4v) is 3.04. The minimum absolute atomic E-state index is 0. The van der Waals surface area contributed by atoms with E-state index in [1.165, 1.54) is 4.88 Å². The highest BCUT2D eigenvalue weighted by Crippen LogP contribution is 2.09. The van der Waals surface area contributed by atoms with Crippen molar-refractivity contribution in [2.24, 2.45) is 4.99 Å². The molecule has 2 N–H and O–H groups in total. The molecule has 0 unspecified atom stereocenters. The monoisotopic (exact) mass is 474 g/mol. The number of aryl methyl sites for hydroxylation is 1. The molecule has 0 aromatic carbocycles. The van der Waals surface area contributed by atoms with Crippen LogP contribution in [0, 0.1) is 6.92 Å². The molecule has 0 aliphatic carbocycles. The van der Waals surface area contributed by atoms with Crippen LogP contribution in [0.15, 0.2) is 45.5 Å². The zero-order chi connectivity index (χ0) is 17.2. The molecular formula is C18H27IN4OS. The summed E-state index contributed by atoms with van der Waals surface area (Å²) in [5.74, 6) is 0.846. The Bertz CT molecular complexity index is 697. The Kier molecular flexibility index (Phi) is 10.5. The van der Waals surface area contributed by atoms with Gasteiger partial charge in [-0.15, -0.1) is 35.3 Å². The van der Waals surface area contributed by atoms with Gasteiger partial charge in [0, 0.05) is 36.3 Å². The molecule has 2 rings (SSSR count). The minimum atomic E-state index is 0. The topological polar surface area (TPSA) is 58.4 Å². The van der Waals surface area contributed by atoms with E-state index < -0.39 is 0 Å². The van der Waals surface area contributed by atoms with Gasteiger partial charge >= 0.3 is 0 Å². The number of aliphatic imine (C=N–C) groups is 1. The van der Waals surface area contributed by atoms with Gasteiger partial charge in [0.25, 0.3) is 5.56 Å². The summed E-state index contributed by atoms with van der Waals surface area (Å²) in [4.78, 5) is 17.7. The molecule has 2 aromatic rings. The van der Waals surface area contributed by atoms with Gasteiger partial charge in [0.15, 0.2) is 5.96 Å². The average molecular weight is 474 g/mol. The summed E-state index contributed by atoms with van der Waals surface area (Å²) in [6.07, 6.45) is 1.95. The maximum absolute atomic E-state index is 11.8. The smallest absolute Gasteiger partial charge is 0.250 e. The number of nitrogens with one attached hydrogen (secondary N) is 2. The second kappa shape index (κ2) is 12.1. The fourth-order valence-electron chi connectivity index (χ4n) is 2.41. The van der Waals surface area contributed by atoms with Gasteiger partial charge in [-0.25, -0.2) is 4.99 Å². The van der Waals surface area contributed by atoms with Gasteiger partial charge in [-0.1, -0.05) is 12.1 Å². The van der Waals surface area contributed by atoms with Crippen molar-refractivity contribution in [3.05, 3.63) is 56.6 Å². The molecule has 0 atom stereocenters. The number of guanidine groups is 1. The Morgan fingerprint density at radius 3 is 2.72 bits per heavy atom. The molecular weight excluding hydrogens is 447 g/mol. The largest absolute Gasteiger partial charge is 0.357 e. The molecule has 0 spiro atoms. The molecule has 0 fully saturated rings. The van der Waals surface area contributed by atoms with Gasteiger partial charge in [0.1, 0.15) is 0 Å². The Hall–Kier alpha value is -1.35. The van der Waals surface area contributed by atoms with Crippen LogP contribution in [0.3, 0.4) is 0 Å². The van der Waals surface area contributed by atoms with Crippen LogP contribution < -0.4 is 16.2 Å².